The zero-order valence-electron chi connectivity index (χ0n) is 14.9. The number of fused-ring (bicyclic) bond motifs is 1. The number of carboxylic acid groups (broad SMARTS) is 1. The smallest absolute Gasteiger partial charge is 0.416 e. The predicted octanol–water partition coefficient (Wildman–Crippen LogP) is 2.38. The van der Waals surface area contributed by atoms with E-state index in [2.05, 4.69) is 0 Å². The van der Waals surface area contributed by atoms with Crippen LogP contribution in [0.25, 0.3) is 10.9 Å². The molecule has 0 aliphatic rings. The summed E-state index contributed by atoms with van der Waals surface area (Å²) in [5, 5.41) is 21.1. The molecule has 3 aromatic rings. The van der Waals surface area contributed by atoms with Crippen LogP contribution in [0.4, 0.5) is 13.2 Å². The molecular weight excluding hydrogens is 409 g/mol. The van der Waals surface area contributed by atoms with E-state index in [0.29, 0.717) is 4.73 Å². The normalized spacial score (nSPS) is 11.3. The van der Waals surface area contributed by atoms with Gasteiger partial charge in [-0.05, 0) is 36.4 Å². The number of aromatic nitrogens is 1. The number of aliphatic carboxylic acids is 1. The van der Waals surface area contributed by atoms with Crippen LogP contribution >= 0.6 is 0 Å². The number of carbonyl (C=O) groups is 2. The molecule has 1 aromatic heterocycles. The molecule has 3 rings (SSSR count). The number of aromatic hydroxyl groups is 1. The van der Waals surface area contributed by atoms with Gasteiger partial charge in [-0.1, -0.05) is 12.1 Å². The molecule has 156 valence electrons. The number of hydrogen-bond acceptors (Lipinski definition) is 5. The summed E-state index contributed by atoms with van der Waals surface area (Å²) >= 11 is 0. The summed E-state index contributed by atoms with van der Waals surface area (Å²) in [6, 6.07) is 9.27. The van der Waals surface area contributed by atoms with E-state index in [4.69, 9.17) is 9.94 Å². The van der Waals surface area contributed by atoms with Crippen molar-refractivity contribution in [2.75, 3.05) is 6.54 Å². The molecule has 1 heterocycles. The van der Waals surface area contributed by atoms with Crippen molar-refractivity contribution in [2.24, 2.45) is 0 Å². The number of nitrogens with one attached hydrogen (secondary N) is 1. The number of hydrogen-bond donors (Lipinski definition) is 3. The van der Waals surface area contributed by atoms with Crippen LogP contribution in [0.5, 0.6) is 11.5 Å². The number of carboxylic acids is 1. The van der Waals surface area contributed by atoms with Crippen LogP contribution < -0.4 is 15.7 Å². The number of amides is 1. The maximum atomic E-state index is 12.8. The zero-order chi connectivity index (χ0) is 22.1. The highest BCUT2D eigenvalue weighted by atomic mass is 19.4. The van der Waals surface area contributed by atoms with Gasteiger partial charge in [-0.25, -0.2) is 0 Å². The zero-order valence-corrected chi connectivity index (χ0v) is 14.9. The van der Waals surface area contributed by atoms with Crippen LogP contribution in [0, 0.1) is 0 Å². The molecule has 0 saturated carbocycles. The van der Waals surface area contributed by atoms with E-state index in [1.165, 1.54) is 24.3 Å². The molecule has 1 amide bonds. The molecule has 3 N–H and O–H groups in total. The number of rotatable bonds is 5. The minimum atomic E-state index is -4.56. The highest BCUT2D eigenvalue weighted by molar-refractivity contribution is 6.03. The van der Waals surface area contributed by atoms with Gasteiger partial charge in [0.15, 0.2) is 11.3 Å². The average molecular weight is 422 g/mol. The Morgan fingerprint density at radius 1 is 1.07 bits per heavy atom. The van der Waals surface area contributed by atoms with Crippen molar-refractivity contribution in [2.45, 2.75) is 6.18 Å². The molecule has 0 radical (unpaired) electrons. The van der Waals surface area contributed by atoms with Crippen LogP contribution in [-0.4, -0.2) is 33.4 Å². The van der Waals surface area contributed by atoms with Gasteiger partial charge in [-0.2, -0.15) is 13.2 Å². The lowest BCUT2D eigenvalue weighted by atomic mass is 10.1. The highest BCUT2D eigenvalue weighted by Gasteiger charge is 2.30. The second-order valence-electron chi connectivity index (χ2n) is 6.03. The first-order chi connectivity index (χ1) is 14.1. The summed E-state index contributed by atoms with van der Waals surface area (Å²) in [6.07, 6.45) is -4.56. The SMILES string of the molecule is O=C(O)CNC(=O)c1c(O)c2ccccc2n(Oc2ccc(C(F)(F)F)cc2)c1=O. The van der Waals surface area contributed by atoms with Gasteiger partial charge in [0.25, 0.3) is 5.91 Å². The summed E-state index contributed by atoms with van der Waals surface area (Å²) in [6.45, 7) is -0.801. The lowest BCUT2D eigenvalue weighted by molar-refractivity contribution is -0.138. The molecule has 0 saturated heterocycles. The Morgan fingerprint density at radius 2 is 1.70 bits per heavy atom. The van der Waals surface area contributed by atoms with Crippen LogP contribution in [0.1, 0.15) is 15.9 Å². The molecule has 8 nitrogen and oxygen atoms in total. The summed E-state index contributed by atoms with van der Waals surface area (Å²) in [7, 11) is 0. The van der Waals surface area contributed by atoms with E-state index in [9.17, 15) is 32.7 Å². The van der Waals surface area contributed by atoms with E-state index >= 15 is 0 Å². The third-order valence-electron chi connectivity index (χ3n) is 4.02. The molecule has 30 heavy (non-hydrogen) atoms. The van der Waals surface area contributed by atoms with Crippen LogP contribution in [0.2, 0.25) is 0 Å². The first-order valence-corrected chi connectivity index (χ1v) is 8.32. The minimum Gasteiger partial charge on any atom is -0.506 e. The topological polar surface area (TPSA) is 118 Å². The Balaban J connectivity index is 2.11. The van der Waals surface area contributed by atoms with Gasteiger partial charge in [0.2, 0.25) is 0 Å². The standard InChI is InChI=1S/C19H13F3N2O6/c20-19(21,22)10-5-7-11(8-6-10)30-24-13-4-2-1-3-12(13)16(27)15(18(24)29)17(28)23-9-14(25)26/h1-8,27H,9H2,(H,23,28)(H,25,26). The van der Waals surface area contributed by atoms with E-state index in [1.54, 1.807) is 0 Å². The van der Waals surface area contributed by atoms with Crippen molar-refractivity contribution >= 4 is 22.8 Å². The maximum absolute atomic E-state index is 12.8. The molecule has 2 aromatic carbocycles. The van der Waals surface area contributed by atoms with Crippen LogP contribution in [0.3, 0.4) is 0 Å². The van der Waals surface area contributed by atoms with Crippen molar-refractivity contribution in [1.82, 2.24) is 10.0 Å². The van der Waals surface area contributed by atoms with Gasteiger partial charge >= 0.3 is 17.7 Å². The second-order valence-corrected chi connectivity index (χ2v) is 6.03. The quantitative estimate of drug-likeness (QED) is 0.581. The van der Waals surface area contributed by atoms with Gasteiger partial charge in [0.05, 0.1) is 11.1 Å². The predicted molar refractivity (Wildman–Crippen MR) is 97.3 cm³/mol. The molecule has 0 atom stereocenters. The Bertz CT molecular complexity index is 1190. The molecule has 0 aliphatic carbocycles. The van der Waals surface area contributed by atoms with Gasteiger partial charge < -0.3 is 20.4 Å². The first-order valence-electron chi connectivity index (χ1n) is 8.32. The van der Waals surface area contributed by atoms with Gasteiger partial charge in [0.1, 0.15) is 12.3 Å². The molecular formula is C19H13F3N2O6. The lowest BCUT2D eigenvalue weighted by Gasteiger charge is -2.15. The Hall–Kier alpha value is -4.02. The number of pyridine rings is 1. The van der Waals surface area contributed by atoms with Crippen molar-refractivity contribution in [3.8, 4) is 11.5 Å². The number of halogens is 3. The lowest BCUT2D eigenvalue weighted by Crippen LogP contribution is -2.37. The van der Waals surface area contributed by atoms with E-state index in [0.717, 1.165) is 24.3 Å². The fourth-order valence-corrected chi connectivity index (χ4v) is 2.65. The van der Waals surface area contributed by atoms with Crippen molar-refractivity contribution < 1.29 is 37.8 Å². The summed E-state index contributed by atoms with van der Waals surface area (Å²) in [4.78, 5) is 41.1. The fraction of sp³-hybridized carbons (Fsp3) is 0.105. The van der Waals surface area contributed by atoms with E-state index in [1.807, 2.05) is 5.32 Å². The van der Waals surface area contributed by atoms with Crippen molar-refractivity contribution in [3.05, 3.63) is 70.0 Å². The molecule has 0 spiro atoms. The van der Waals surface area contributed by atoms with Crippen LogP contribution in [-0.2, 0) is 11.0 Å². The maximum Gasteiger partial charge on any atom is 0.416 e. The van der Waals surface area contributed by atoms with E-state index < -0.39 is 47.0 Å². The van der Waals surface area contributed by atoms with Crippen LogP contribution in [0.15, 0.2) is 53.3 Å². The third kappa shape index (κ3) is 4.04. The second kappa shape index (κ2) is 7.78. The minimum absolute atomic E-state index is 0.0319. The van der Waals surface area contributed by atoms with Gasteiger partial charge in [0, 0.05) is 5.39 Å². The molecule has 11 heteroatoms. The summed E-state index contributed by atoms with van der Waals surface area (Å²) in [5.41, 5.74) is -2.79. The summed E-state index contributed by atoms with van der Waals surface area (Å²) < 4.78 is 38.8. The van der Waals surface area contributed by atoms with Gasteiger partial charge in [-0.15, -0.1) is 4.73 Å². The summed E-state index contributed by atoms with van der Waals surface area (Å²) in [5.74, 6) is -3.36. The number of alkyl halides is 3. The highest BCUT2D eigenvalue weighted by Crippen LogP contribution is 2.31. The first kappa shape index (κ1) is 20.7. The Kier molecular flexibility index (Phi) is 5.37. The van der Waals surface area contributed by atoms with Crippen molar-refractivity contribution in [1.29, 1.82) is 0 Å². The number of para-hydroxylation sites is 1. The monoisotopic (exact) mass is 422 g/mol. The molecule has 0 aliphatic heterocycles. The fourth-order valence-electron chi connectivity index (χ4n) is 2.65. The third-order valence-corrected chi connectivity index (χ3v) is 4.02. The number of nitrogens with zero attached hydrogens (tertiary/aromatic N) is 1. The molecule has 0 unspecified atom stereocenters. The number of benzene rings is 2. The van der Waals surface area contributed by atoms with E-state index in [-0.39, 0.29) is 16.7 Å². The average Bonchev–Trinajstić information content (AvgIpc) is 2.69. The Labute approximate surface area is 165 Å². The largest absolute Gasteiger partial charge is 0.506 e. The molecule has 0 fully saturated rings. The van der Waals surface area contributed by atoms with Crippen molar-refractivity contribution in [3.63, 3.8) is 0 Å². The Morgan fingerprint density at radius 3 is 2.30 bits per heavy atom. The van der Waals surface area contributed by atoms with Gasteiger partial charge in [-0.3, -0.25) is 14.4 Å². The molecule has 0 bridgehead atoms. The number of carbonyl (C=O) groups excluding carboxylic acids is 1.